The predicted molar refractivity (Wildman–Crippen MR) is 195 cm³/mol. The minimum atomic E-state index is -0.915. The average Bonchev–Trinajstić information content (AvgIpc) is 3.48. The van der Waals surface area contributed by atoms with Crippen LogP contribution >= 0.6 is 11.3 Å². The van der Waals surface area contributed by atoms with E-state index in [2.05, 4.69) is 0 Å². The van der Waals surface area contributed by atoms with Gasteiger partial charge in [0.1, 0.15) is 18.2 Å². The summed E-state index contributed by atoms with van der Waals surface area (Å²) in [5, 5.41) is 1.79. The highest BCUT2D eigenvalue weighted by Gasteiger charge is 2.35. The first kappa shape index (κ1) is 33.5. The van der Waals surface area contributed by atoms with Gasteiger partial charge in [-0.15, -0.1) is 0 Å². The molecule has 7 rings (SSSR count). The van der Waals surface area contributed by atoms with Gasteiger partial charge < -0.3 is 18.9 Å². The van der Waals surface area contributed by atoms with Gasteiger partial charge in [-0.25, -0.2) is 14.2 Å². The number of carbonyl (C=O) groups is 1. The lowest BCUT2D eigenvalue weighted by molar-refractivity contribution is -0.138. The van der Waals surface area contributed by atoms with E-state index in [-0.39, 0.29) is 30.2 Å². The number of benzene rings is 5. The monoisotopic (exact) mass is 700 g/mol. The molecule has 256 valence electrons. The summed E-state index contributed by atoms with van der Waals surface area (Å²) in [7, 11) is 3.07. The number of fused-ring (bicyclic) bond motifs is 2. The molecular formula is C41H33FN2O6S. The van der Waals surface area contributed by atoms with Gasteiger partial charge in [-0.05, 0) is 53.6 Å². The van der Waals surface area contributed by atoms with Gasteiger partial charge in [-0.3, -0.25) is 9.36 Å². The van der Waals surface area contributed by atoms with Gasteiger partial charge in [-0.1, -0.05) is 96.3 Å². The molecule has 0 aliphatic carbocycles. The number of nitrogens with zero attached hydrogens (tertiary/aromatic N) is 2. The second kappa shape index (κ2) is 14.5. The van der Waals surface area contributed by atoms with E-state index < -0.39 is 12.0 Å². The lowest BCUT2D eigenvalue weighted by Gasteiger charge is -2.26. The minimum absolute atomic E-state index is 0.00422. The van der Waals surface area contributed by atoms with Gasteiger partial charge >= 0.3 is 5.97 Å². The van der Waals surface area contributed by atoms with Crippen molar-refractivity contribution in [2.45, 2.75) is 19.6 Å². The molecule has 1 atom stereocenters. The summed E-state index contributed by atoms with van der Waals surface area (Å²) in [6, 6.07) is 31.7. The number of carbonyl (C=O) groups excluding carboxylic acids is 1. The third kappa shape index (κ3) is 6.41. The third-order valence-electron chi connectivity index (χ3n) is 8.64. The van der Waals surface area contributed by atoms with Crippen LogP contribution in [-0.4, -0.2) is 31.4 Å². The number of rotatable bonds is 10. The van der Waals surface area contributed by atoms with Crippen LogP contribution in [0.3, 0.4) is 0 Å². The van der Waals surface area contributed by atoms with E-state index in [1.54, 1.807) is 56.5 Å². The van der Waals surface area contributed by atoms with Crippen LogP contribution in [0.4, 0.5) is 4.39 Å². The highest BCUT2D eigenvalue weighted by Crippen LogP contribution is 2.38. The standard InChI is InChI=1S/C41H33FN2O6S/c1-4-49-40(46)36-37(26-13-6-5-7-14-26)43-41-44(38(36)27-19-21-33(47-2)34(22-27)48-3)39(45)35(51-41)23-30-29-16-10-8-12-25(29)18-20-32(30)50-24-28-15-9-11-17-31(28)42/h5-23,38H,4,24H2,1-3H3/b35-23-/t38-/m1/s1. The summed E-state index contributed by atoms with van der Waals surface area (Å²) in [5.41, 5.74) is 2.62. The van der Waals surface area contributed by atoms with Gasteiger partial charge in [0.25, 0.3) is 5.56 Å². The van der Waals surface area contributed by atoms with Crippen LogP contribution in [0.2, 0.25) is 0 Å². The quantitative estimate of drug-likeness (QED) is 0.146. The molecule has 0 saturated carbocycles. The molecule has 0 saturated heterocycles. The Morgan fingerprint density at radius 1 is 0.882 bits per heavy atom. The first-order valence-corrected chi connectivity index (χ1v) is 17.1. The van der Waals surface area contributed by atoms with Crippen molar-refractivity contribution >= 4 is 39.9 Å². The minimum Gasteiger partial charge on any atom is -0.493 e. The lowest BCUT2D eigenvalue weighted by atomic mass is 9.93. The van der Waals surface area contributed by atoms with E-state index in [1.165, 1.54) is 29.1 Å². The smallest absolute Gasteiger partial charge is 0.338 e. The molecule has 5 aromatic carbocycles. The van der Waals surface area contributed by atoms with Crippen molar-refractivity contribution in [2.75, 3.05) is 20.8 Å². The first-order chi connectivity index (χ1) is 24.9. The Kier molecular flexibility index (Phi) is 9.50. The number of hydrogen-bond donors (Lipinski definition) is 0. The van der Waals surface area contributed by atoms with E-state index in [0.29, 0.717) is 54.5 Å². The topological polar surface area (TPSA) is 88.4 Å². The van der Waals surface area contributed by atoms with E-state index in [4.69, 9.17) is 23.9 Å². The maximum Gasteiger partial charge on any atom is 0.338 e. The Bertz CT molecular complexity index is 2490. The second-order valence-corrected chi connectivity index (χ2v) is 12.6. The number of aromatic nitrogens is 1. The van der Waals surface area contributed by atoms with Crippen molar-refractivity contribution in [2.24, 2.45) is 4.99 Å². The normalized spacial score (nSPS) is 14.2. The van der Waals surface area contributed by atoms with Crippen LogP contribution in [0, 0.1) is 5.82 Å². The molecule has 0 spiro atoms. The van der Waals surface area contributed by atoms with E-state index in [0.717, 1.165) is 10.8 Å². The summed E-state index contributed by atoms with van der Waals surface area (Å²) in [5.74, 6) is 0.460. The Morgan fingerprint density at radius 2 is 1.61 bits per heavy atom. The fraction of sp³-hybridized carbons (Fsp3) is 0.146. The van der Waals surface area contributed by atoms with Crippen molar-refractivity contribution in [1.29, 1.82) is 0 Å². The molecule has 1 aromatic heterocycles. The van der Waals surface area contributed by atoms with Crippen LogP contribution in [0.1, 0.15) is 35.2 Å². The highest BCUT2D eigenvalue weighted by atomic mass is 32.1. The molecule has 51 heavy (non-hydrogen) atoms. The maximum atomic E-state index is 14.7. The van der Waals surface area contributed by atoms with Gasteiger partial charge in [0.2, 0.25) is 0 Å². The van der Waals surface area contributed by atoms with E-state index >= 15 is 0 Å². The molecule has 10 heteroatoms. The largest absolute Gasteiger partial charge is 0.493 e. The molecule has 6 aromatic rings. The van der Waals surface area contributed by atoms with E-state index in [9.17, 15) is 14.0 Å². The van der Waals surface area contributed by atoms with Gasteiger partial charge in [-0.2, -0.15) is 0 Å². The number of hydrogen-bond acceptors (Lipinski definition) is 8. The average molecular weight is 701 g/mol. The molecular weight excluding hydrogens is 668 g/mol. The summed E-state index contributed by atoms with van der Waals surface area (Å²) >= 11 is 1.20. The zero-order chi connectivity index (χ0) is 35.5. The van der Waals surface area contributed by atoms with Crippen molar-refractivity contribution in [3.05, 3.63) is 163 Å². The molecule has 1 aliphatic heterocycles. The molecule has 0 fully saturated rings. The number of methoxy groups -OCH3 is 2. The fourth-order valence-corrected chi connectivity index (χ4v) is 7.21. The number of esters is 1. The fourth-order valence-electron chi connectivity index (χ4n) is 6.23. The molecule has 1 aliphatic rings. The molecule has 2 heterocycles. The first-order valence-electron chi connectivity index (χ1n) is 16.3. The Balaban J connectivity index is 1.48. The molecule has 0 N–H and O–H groups in total. The SMILES string of the molecule is CCOC(=O)C1=C(c2ccccc2)N=c2s/c(=C\c3c(OCc4ccccc4F)ccc4ccccc34)c(=O)n2[C@@H]1c1ccc(OC)c(OC)c1. The number of ether oxygens (including phenoxy) is 4. The third-order valence-corrected chi connectivity index (χ3v) is 9.63. The van der Waals surface area contributed by atoms with Gasteiger partial charge in [0, 0.05) is 16.7 Å². The van der Waals surface area contributed by atoms with Crippen molar-refractivity contribution in [1.82, 2.24) is 4.57 Å². The summed E-state index contributed by atoms with van der Waals surface area (Å²) in [6.45, 7) is 1.86. The zero-order valence-corrected chi connectivity index (χ0v) is 28.9. The van der Waals surface area contributed by atoms with Crippen molar-refractivity contribution in [3.63, 3.8) is 0 Å². The highest BCUT2D eigenvalue weighted by molar-refractivity contribution is 7.07. The molecule has 0 unspecified atom stereocenters. The second-order valence-electron chi connectivity index (χ2n) is 11.6. The Morgan fingerprint density at radius 3 is 2.37 bits per heavy atom. The summed E-state index contributed by atoms with van der Waals surface area (Å²) in [6.07, 6.45) is 1.78. The molecule has 8 nitrogen and oxygen atoms in total. The Hall–Kier alpha value is -6.00. The lowest BCUT2D eigenvalue weighted by Crippen LogP contribution is -2.40. The predicted octanol–water partition coefficient (Wildman–Crippen LogP) is 6.82. The zero-order valence-electron chi connectivity index (χ0n) is 28.1. The van der Waals surface area contributed by atoms with Gasteiger partial charge in [0.15, 0.2) is 16.3 Å². The van der Waals surface area contributed by atoms with Crippen LogP contribution in [0.25, 0.3) is 22.5 Å². The maximum absolute atomic E-state index is 14.7. The summed E-state index contributed by atoms with van der Waals surface area (Å²) < 4.78 is 39.4. The van der Waals surface area contributed by atoms with Crippen LogP contribution < -0.4 is 29.1 Å². The number of halogens is 1. The van der Waals surface area contributed by atoms with Gasteiger partial charge in [0.05, 0.1) is 42.7 Å². The van der Waals surface area contributed by atoms with Crippen molar-refractivity contribution < 1.29 is 28.1 Å². The molecule has 0 radical (unpaired) electrons. The van der Waals surface area contributed by atoms with Crippen LogP contribution in [0.15, 0.2) is 125 Å². The molecule has 0 amide bonds. The van der Waals surface area contributed by atoms with Crippen LogP contribution in [0.5, 0.6) is 17.2 Å². The van der Waals surface area contributed by atoms with Crippen molar-refractivity contribution in [3.8, 4) is 17.2 Å². The van der Waals surface area contributed by atoms with Crippen LogP contribution in [-0.2, 0) is 16.1 Å². The Labute approximate surface area is 297 Å². The number of thiazole rings is 1. The molecule has 0 bridgehead atoms. The van der Waals surface area contributed by atoms with E-state index in [1.807, 2.05) is 66.7 Å². The summed E-state index contributed by atoms with van der Waals surface area (Å²) in [4.78, 5) is 33.9.